The number of ether oxygens (including phenoxy) is 2. The van der Waals surface area contributed by atoms with Crippen molar-refractivity contribution in [2.75, 3.05) is 19.5 Å². The van der Waals surface area contributed by atoms with E-state index in [0.717, 1.165) is 22.5 Å². The fourth-order valence-corrected chi connectivity index (χ4v) is 3.70. The van der Waals surface area contributed by atoms with E-state index >= 15 is 0 Å². The van der Waals surface area contributed by atoms with Crippen molar-refractivity contribution in [1.29, 1.82) is 0 Å². The second-order valence-corrected chi connectivity index (χ2v) is 8.30. The van der Waals surface area contributed by atoms with E-state index in [4.69, 9.17) is 21.7 Å². The number of amides is 3. The van der Waals surface area contributed by atoms with Crippen LogP contribution in [0.15, 0.2) is 48.5 Å². The van der Waals surface area contributed by atoms with Crippen LogP contribution < -0.4 is 20.2 Å². The monoisotopic (exact) mass is 473 g/mol. The highest BCUT2D eigenvalue weighted by molar-refractivity contribution is 7.73. The van der Waals surface area contributed by atoms with E-state index in [1.165, 1.54) is 12.1 Å². The number of nitrogens with one attached hydrogen (secondary N) is 3. The second kappa shape index (κ2) is 11.3. The summed E-state index contributed by atoms with van der Waals surface area (Å²) in [5, 5.41) is 10.6. The number of rotatable bonds is 8. The summed E-state index contributed by atoms with van der Waals surface area (Å²) in [4.78, 5) is 25.5. The van der Waals surface area contributed by atoms with Crippen LogP contribution >= 0.6 is 23.6 Å². The van der Waals surface area contributed by atoms with E-state index in [0.29, 0.717) is 27.0 Å². The fraction of sp³-hybridized carbons (Fsp3) is 0.238. The predicted molar refractivity (Wildman–Crippen MR) is 124 cm³/mol. The lowest BCUT2D eigenvalue weighted by atomic mass is 10.1. The van der Waals surface area contributed by atoms with Crippen LogP contribution in [-0.4, -0.2) is 41.4 Å². The number of urea groups is 1. The third-order valence-electron chi connectivity index (χ3n) is 4.46. The molecule has 0 aliphatic heterocycles. The maximum absolute atomic E-state index is 13.0. The molecule has 11 heteroatoms. The zero-order chi connectivity index (χ0) is 22.9. The van der Waals surface area contributed by atoms with E-state index in [-0.39, 0.29) is 18.9 Å². The molecule has 0 aliphatic carbocycles. The average molecular weight is 474 g/mol. The summed E-state index contributed by atoms with van der Waals surface area (Å²) in [5.74, 6) is 0.861. The SMILES string of the molecule is COc1ccc(CN(NC(=O)Nc2n[nH]c(=S)s2)C(=O)CCc2ccccc2)cc1OC. The Morgan fingerprint density at radius 3 is 2.50 bits per heavy atom. The van der Waals surface area contributed by atoms with Crippen molar-refractivity contribution in [2.24, 2.45) is 0 Å². The highest BCUT2D eigenvalue weighted by Gasteiger charge is 2.18. The number of aromatic nitrogens is 2. The van der Waals surface area contributed by atoms with E-state index in [2.05, 4.69) is 20.9 Å². The molecule has 0 fully saturated rings. The summed E-state index contributed by atoms with van der Waals surface area (Å²) >= 11 is 6.08. The Balaban J connectivity index is 1.73. The zero-order valence-electron chi connectivity index (χ0n) is 17.6. The summed E-state index contributed by atoms with van der Waals surface area (Å²) in [6.45, 7) is 0.137. The molecule has 0 bridgehead atoms. The topological polar surface area (TPSA) is 109 Å². The minimum atomic E-state index is -0.601. The van der Waals surface area contributed by atoms with Gasteiger partial charge in [0.05, 0.1) is 20.8 Å². The molecule has 1 aromatic heterocycles. The lowest BCUT2D eigenvalue weighted by Gasteiger charge is -2.24. The highest BCUT2D eigenvalue weighted by Crippen LogP contribution is 2.28. The van der Waals surface area contributed by atoms with Crippen molar-refractivity contribution in [2.45, 2.75) is 19.4 Å². The quantitative estimate of drug-likeness (QED) is 0.338. The van der Waals surface area contributed by atoms with Crippen LogP contribution in [0.3, 0.4) is 0 Å². The van der Waals surface area contributed by atoms with Crippen LogP contribution in [0.4, 0.5) is 9.93 Å². The molecule has 32 heavy (non-hydrogen) atoms. The Labute approximate surface area is 194 Å². The van der Waals surface area contributed by atoms with Crippen LogP contribution in [0, 0.1) is 3.95 Å². The Morgan fingerprint density at radius 1 is 1.09 bits per heavy atom. The van der Waals surface area contributed by atoms with Crippen molar-refractivity contribution < 1.29 is 19.1 Å². The van der Waals surface area contributed by atoms with E-state index < -0.39 is 6.03 Å². The van der Waals surface area contributed by atoms with Crippen molar-refractivity contribution >= 4 is 40.6 Å². The van der Waals surface area contributed by atoms with Crippen LogP contribution in [0.25, 0.3) is 0 Å². The Bertz CT molecular complexity index is 1120. The molecule has 0 unspecified atom stereocenters. The summed E-state index contributed by atoms with van der Waals surface area (Å²) in [6, 6.07) is 14.4. The lowest BCUT2D eigenvalue weighted by molar-refractivity contribution is -0.134. The summed E-state index contributed by atoms with van der Waals surface area (Å²) in [6.07, 6.45) is 0.769. The summed E-state index contributed by atoms with van der Waals surface area (Å²) in [7, 11) is 3.09. The molecule has 3 amide bonds. The first-order chi connectivity index (χ1) is 15.5. The largest absolute Gasteiger partial charge is 0.493 e. The molecule has 0 saturated heterocycles. The van der Waals surface area contributed by atoms with Gasteiger partial charge in [0.15, 0.2) is 15.5 Å². The Hall–Kier alpha value is -3.44. The number of hydrazine groups is 1. The van der Waals surface area contributed by atoms with Gasteiger partial charge in [0.1, 0.15) is 0 Å². The van der Waals surface area contributed by atoms with Crippen LogP contribution in [0.5, 0.6) is 11.5 Å². The number of methoxy groups -OCH3 is 2. The summed E-state index contributed by atoms with van der Waals surface area (Å²) < 4.78 is 11.0. The smallest absolute Gasteiger partial charge is 0.339 e. The molecule has 0 atom stereocenters. The maximum atomic E-state index is 13.0. The zero-order valence-corrected chi connectivity index (χ0v) is 19.2. The van der Waals surface area contributed by atoms with E-state index in [9.17, 15) is 9.59 Å². The minimum absolute atomic E-state index is 0.137. The van der Waals surface area contributed by atoms with E-state index in [1.54, 1.807) is 25.3 Å². The minimum Gasteiger partial charge on any atom is -0.493 e. The van der Waals surface area contributed by atoms with Crippen molar-refractivity contribution in [3.8, 4) is 11.5 Å². The van der Waals surface area contributed by atoms with Gasteiger partial charge in [0.2, 0.25) is 11.0 Å². The van der Waals surface area contributed by atoms with Crippen LogP contribution in [0.1, 0.15) is 17.5 Å². The number of aromatic amines is 1. The third kappa shape index (κ3) is 6.53. The van der Waals surface area contributed by atoms with Gasteiger partial charge in [-0.15, -0.1) is 5.10 Å². The number of H-pyrrole nitrogens is 1. The van der Waals surface area contributed by atoms with Crippen LogP contribution in [-0.2, 0) is 17.8 Å². The second-order valence-electron chi connectivity index (χ2n) is 6.64. The molecule has 1 heterocycles. The van der Waals surface area contributed by atoms with Crippen molar-refractivity contribution in [1.82, 2.24) is 20.6 Å². The number of nitrogens with zero attached hydrogens (tertiary/aromatic N) is 2. The fourth-order valence-electron chi connectivity index (χ4n) is 2.91. The molecular formula is C21H23N5O4S2. The predicted octanol–water partition coefficient (Wildman–Crippen LogP) is 3.92. The van der Waals surface area contributed by atoms with Gasteiger partial charge >= 0.3 is 6.03 Å². The molecule has 0 aliphatic rings. The number of hydrogen-bond acceptors (Lipinski definition) is 7. The number of benzene rings is 2. The highest BCUT2D eigenvalue weighted by atomic mass is 32.1. The normalized spacial score (nSPS) is 10.3. The molecule has 3 N–H and O–H groups in total. The molecular weight excluding hydrogens is 450 g/mol. The third-order valence-corrected chi connectivity index (χ3v) is 5.46. The van der Waals surface area contributed by atoms with Gasteiger partial charge in [-0.25, -0.2) is 15.2 Å². The maximum Gasteiger partial charge on any atom is 0.339 e. The first-order valence-electron chi connectivity index (χ1n) is 9.67. The lowest BCUT2D eigenvalue weighted by Crippen LogP contribution is -2.47. The van der Waals surface area contributed by atoms with Gasteiger partial charge in [0, 0.05) is 6.42 Å². The number of aryl methyl sites for hydroxylation is 1. The van der Waals surface area contributed by atoms with Gasteiger partial charge in [-0.2, -0.15) is 0 Å². The Morgan fingerprint density at radius 2 is 1.84 bits per heavy atom. The molecule has 2 aromatic carbocycles. The number of carbonyl (C=O) groups excluding carboxylic acids is 2. The number of carbonyl (C=O) groups is 2. The first-order valence-corrected chi connectivity index (χ1v) is 10.9. The van der Waals surface area contributed by atoms with Gasteiger partial charge < -0.3 is 9.47 Å². The Kier molecular flexibility index (Phi) is 8.17. The van der Waals surface area contributed by atoms with E-state index in [1.807, 2.05) is 30.3 Å². The summed E-state index contributed by atoms with van der Waals surface area (Å²) in [5.41, 5.74) is 4.40. The molecule has 0 saturated carbocycles. The van der Waals surface area contributed by atoms with Crippen molar-refractivity contribution in [3.05, 3.63) is 63.6 Å². The molecule has 9 nitrogen and oxygen atoms in total. The molecule has 0 radical (unpaired) electrons. The van der Waals surface area contributed by atoms with Gasteiger partial charge in [-0.1, -0.05) is 47.7 Å². The van der Waals surface area contributed by atoms with Crippen molar-refractivity contribution in [3.63, 3.8) is 0 Å². The number of anilines is 1. The van der Waals surface area contributed by atoms with Gasteiger partial charge in [0.25, 0.3) is 0 Å². The molecule has 3 rings (SSSR count). The molecule has 3 aromatic rings. The van der Waals surface area contributed by atoms with Crippen LogP contribution in [0.2, 0.25) is 0 Å². The molecule has 0 spiro atoms. The standard InChI is InChI=1S/C21H23N5O4S2/c1-29-16-10-8-15(12-17(16)30-2)13-26(18(27)11-9-14-6-4-3-5-7-14)25-19(28)22-20-23-24-21(31)32-20/h3-8,10,12H,9,11,13H2,1-2H3,(H,24,31)(H2,22,23,25,28). The average Bonchev–Trinajstić information content (AvgIpc) is 3.21. The van der Waals surface area contributed by atoms with Gasteiger partial charge in [-0.3, -0.25) is 15.2 Å². The van der Waals surface area contributed by atoms with Gasteiger partial charge in [-0.05, 0) is 41.9 Å². The molecule has 168 valence electrons. The number of hydrogen-bond donors (Lipinski definition) is 3. The first kappa shape index (κ1) is 23.2.